The molecule has 0 heterocycles. The summed E-state index contributed by atoms with van der Waals surface area (Å²) in [4.78, 5) is 29.3. The molecule has 12 heteroatoms. The van der Waals surface area contributed by atoms with Crippen LogP contribution in [0.5, 0.6) is 0 Å². The molecular weight excluding hydrogens is 308 g/mol. The van der Waals surface area contributed by atoms with Gasteiger partial charge in [-0.15, -0.1) is 0 Å². The Bertz CT molecular complexity index is 154. The summed E-state index contributed by atoms with van der Waals surface area (Å²) in [7, 11) is -9.28. The first-order valence-corrected chi connectivity index (χ1v) is 4.78. The predicted molar refractivity (Wildman–Crippen MR) is 28.8 cm³/mol. The zero-order chi connectivity index (χ0) is 9.00. The minimum absolute atomic E-state index is 0. The number of hydrogen-bond donors (Lipinski definition) is 6. The van der Waals surface area contributed by atoms with Gasteiger partial charge in [-0.1, -0.05) is 0 Å². The number of rotatable bonds is 0. The van der Waals surface area contributed by atoms with Gasteiger partial charge in [0.1, 0.15) is 0 Å². The van der Waals surface area contributed by atoms with Gasteiger partial charge in [-0.3, -0.25) is 9.11 Å². The Morgan fingerprint density at radius 2 is 0.917 bits per heavy atom. The summed E-state index contributed by atoms with van der Waals surface area (Å²) in [6.07, 6.45) is 0. The normalized spacial score (nSPS) is 9.83. The van der Waals surface area contributed by atoms with E-state index in [1.165, 1.54) is 0 Å². The van der Waals surface area contributed by atoms with Crippen molar-refractivity contribution in [2.24, 2.45) is 0 Å². The topological polar surface area (TPSA) is 156 Å². The summed E-state index contributed by atoms with van der Waals surface area (Å²) in [6.45, 7) is 0. The Morgan fingerprint density at radius 3 is 0.917 bits per heavy atom. The Morgan fingerprint density at radius 1 is 0.917 bits per heavy atom. The maximum absolute atomic E-state index is 8.74. The van der Waals surface area contributed by atoms with Crippen LogP contribution in [0.4, 0.5) is 0 Å². The van der Waals surface area contributed by atoms with Crippen LogP contribution in [-0.2, 0) is 44.5 Å². The fraction of sp³-hybridized carbons (Fsp3) is 0. The van der Waals surface area contributed by atoms with E-state index < -0.39 is 19.4 Å². The van der Waals surface area contributed by atoms with Crippen LogP contribution in [0.15, 0.2) is 0 Å². The Labute approximate surface area is 90.3 Å². The van der Waals surface area contributed by atoms with Crippen LogP contribution in [0.2, 0.25) is 0 Å². The van der Waals surface area contributed by atoms with Crippen LogP contribution in [0.1, 0.15) is 0 Å². The van der Waals surface area contributed by atoms with Crippen LogP contribution < -0.4 is 0 Å². The molecule has 0 rings (SSSR count). The van der Waals surface area contributed by atoms with Crippen molar-refractivity contribution >= 4 is 19.4 Å². The van der Waals surface area contributed by atoms with Crippen molar-refractivity contribution in [1.29, 1.82) is 0 Å². The van der Waals surface area contributed by atoms with Crippen molar-refractivity contribution in [2.75, 3.05) is 0 Å². The maximum Gasteiger partial charge on any atom is 0.668 e. The van der Waals surface area contributed by atoms with Gasteiger partial charge in [0.2, 0.25) is 0 Å². The SMILES string of the molecule is O=S(=O)(O)O.O[Si](O)(O)O.[Cu].[Fe]. The van der Waals surface area contributed by atoms with Crippen LogP contribution in [0, 0.1) is 0 Å². The molecule has 6 N–H and O–H groups in total. The molecule has 0 aromatic carbocycles. The smallest absolute Gasteiger partial charge is 0.368 e. The molecular formula is H6CuFeO8SSi. The van der Waals surface area contributed by atoms with E-state index in [9.17, 15) is 0 Å². The summed E-state index contributed by atoms with van der Waals surface area (Å²) in [5, 5.41) is 0. The average molecular weight is 314 g/mol. The van der Waals surface area contributed by atoms with Crippen LogP contribution in [-0.4, -0.2) is 45.8 Å². The molecule has 0 spiro atoms. The van der Waals surface area contributed by atoms with Crippen molar-refractivity contribution in [3.05, 3.63) is 0 Å². The first-order valence-electron chi connectivity index (χ1n) is 1.59. The quantitative estimate of drug-likeness (QED) is 0.201. The molecule has 0 fully saturated rings. The second-order valence-electron chi connectivity index (χ2n) is 1.05. The fourth-order valence-corrected chi connectivity index (χ4v) is 0. The summed E-state index contributed by atoms with van der Waals surface area (Å²) in [6, 6.07) is 0. The molecule has 0 saturated heterocycles. The van der Waals surface area contributed by atoms with E-state index in [1.807, 2.05) is 0 Å². The second-order valence-corrected chi connectivity index (χ2v) is 3.14. The van der Waals surface area contributed by atoms with Gasteiger partial charge < -0.3 is 19.2 Å². The van der Waals surface area contributed by atoms with Gasteiger partial charge in [0.05, 0.1) is 0 Å². The van der Waals surface area contributed by atoms with Crippen LogP contribution in [0.25, 0.3) is 0 Å². The Balaban J connectivity index is -0.0000000457. The van der Waals surface area contributed by atoms with Crippen LogP contribution >= 0.6 is 0 Å². The van der Waals surface area contributed by atoms with E-state index in [-0.39, 0.29) is 34.1 Å². The third kappa shape index (κ3) is 1170. The third-order valence-corrected chi connectivity index (χ3v) is 0. The maximum atomic E-state index is 8.74. The molecule has 0 aromatic rings. The van der Waals surface area contributed by atoms with Crippen LogP contribution in [0.3, 0.4) is 0 Å². The predicted octanol–water partition coefficient (Wildman–Crippen LogP) is -3.27. The zero-order valence-electron chi connectivity index (χ0n) is 5.06. The van der Waals surface area contributed by atoms with Gasteiger partial charge >= 0.3 is 19.4 Å². The molecule has 0 amide bonds. The van der Waals surface area contributed by atoms with Crippen molar-refractivity contribution in [1.82, 2.24) is 0 Å². The molecule has 0 unspecified atom stereocenters. The van der Waals surface area contributed by atoms with E-state index in [2.05, 4.69) is 0 Å². The standard InChI is InChI=1S/Cu.Fe.H2O4S.H4O4Si/c;;2*1-5(2,3)4/h;;(H2,1,2,3,4);1-4H. The first-order chi connectivity index (χ1) is 4.00. The molecule has 8 nitrogen and oxygen atoms in total. The van der Waals surface area contributed by atoms with Crippen molar-refractivity contribution < 1.29 is 70.8 Å². The molecule has 0 bridgehead atoms. The van der Waals surface area contributed by atoms with Gasteiger partial charge in [-0.2, -0.15) is 8.42 Å². The molecule has 0 aromatic heterocycles. The molecule has 0 atom stereocenters. The van der Waals surface area contributed by atoms with E-state index in [4.69, 9.17) is 36.7 Å². The van der Waals surface area contributed by atoms with E-state index in [0.717, 1.165) is 0 Å². The summed E-state index contributed by atoms with van der Waals surface area (Å²) in [5.74, 6) is 0. The minimum atomic E-state index is -4.67. The zero-order valence-corrected chi connectivity index (χ0v) is 8.93. The monoisotopic (exact) mass is 313 g/mol. The van der Waals surface area contributed by atoms with Crippen molar-refractivity contribution in [2.45, 2.75) is 0 Å². The molecule has 83 valence electrons. The molecule has 12 heavy (non-hydrogen) atoms. The van der Waals surface area contributed by atoms with Gasteiger partial charge in [0, 0.05) is 34.1 Å². The van der Waals surface area contributed by atoms with E-state index in [1.54, 1.807) is 0 Å². The first kappa shape index (κ1) is 23.1. The average Bonchev–Trinajstić information content (AvgIpc) is 1.12. The van der Waals surface area contributed by atoms with E-state index in [0.29, 0.717) is 0 Å². The van der Waals surface area contributed by atoms with Gasteiger partial charge in [0.25, 0.3) is 0 Å². The van der Waals surface area contributed by atoms with Gasteiger partial charge in [0.15, 0.2) is 0 Å². The second kappa shape index (κ2) is 8.56. The fourth-order valence-electron chi connectivity index (χ4n) is 0. The minimum Gasteiger partial charge on any atom is -0.368 e. The summed E-state index contributed by atoms with van der Waals surface area (Å²) in [5.41, 5.74) is 0. The molecule has 0 saturated carbocycles. The van der Waals surface area contributed by atoms with Gasteiger partial charge in [-0.25, -0.2) is 0 Å². The molecule has 0 aliphatic rings. The Hall–Kier alpha value is 0.966. The number of hydrogen-bond acceptors (Lipinski definition) is 6. The molecule has 0 aliphatic carbocycles. The Kier molecular flexibility index (Phi) is 16.5. The third-order valence-electron chi connectivity index (χ3n) is 0. The summed E-state index contributed by atoms with van der Waals surface area (Å²) >= 11 is 0. The molecule has 1 radical (unpaired) electrons. The molecule has 0 aliphatic heterocycles. The van der Waals surface area contributed by atoms with Gasteiger partial charge in [-0.05, 0) is 0 Å². The van der Waals surface area contributed by atoms with Crippen molar-refractivity contribution in [3.63, 3.8) is 0 Å². The summed E-state index contributed by atoms with van der Waals surface area (Å²) < 4.78 is 31.6. The van der Waals surface area contributed by atoms with Crippen molar-refractivity contribution in [3.8, 4) is 0 Å². The van der Waals surface area contributed by atoms with E-state index >= 15 is 0 Å². The largest absolute Gasteiger partial charge is 0.668 e.